The third-order valence-electron chi connectivity index (χ3n) is 3.21. The molecule has 0 atom stereocenters. The van der Waals surface area contributed by atoms with Crippen molar-refractivity contribution < 1.29 is 10.2 Å². The number of hydrogen-bond acceptors (Lipinski definition) is 3. The van der Waals surface area contributed by atoms with E-state index < -0.39 is 0 Å². The van der Waals surface area contributed by atoms with E-state index in [-0.39, 0.29) is 11.5 Å². The fourth-order valence-electron chi connectivity index (χ4n) is 2.00. The van der Waals surface area contributed by atoms with Crippen LogP contribution in [0.15, 0.2) is 66.7 Å². The first kappa shape index (κ1) is 15.2. The van der Waals surface area contributed by atoms with Crippen molar-refractivity contribution >= 4 is 0 Å². The molecule has 3 heteroatoms. The number of phenols is 2. The molecule has 1 aromatic heterocycles. The molecule has 0 radical (unpaired) electrons. The summed E-state index contributed by atoms with van der Waals surface area (Å²) < 4.78 is 0. The minimum Gasteiger partial charge on any atom is -0.507 e. The monoisotopic (exact) mass is 311 g/mol. The summed E-state index contributed by atoms with van der Waals surface area (Å²) in [6, 6.07) is 19.1. The molecule has 114 valence electrons. The number of aromatic hydroxyl groups is 2. The van der Waals surface area contributed by atoms with Crippen molar-refractivity contribution in [2.24, 2.45) is 0 Å². The Morgan fingerprint density at radius 3 is 1.46 bits per heavy atom. The van der Waals surface area contributed by atoms with E-state index in [0.29, 0.717) is 22.5 Å². The number of phenolic OH excluding ortho intramolecular Hbond substituents is 2. The Balaban J connectivity index is 1.87. The zero-order valence-corrected chi connectivity index (χ0v) is 12.7. The van der Waals surface area contributed by atoms with E-state index >= 15 is 0 Å². The Bertz CT molecular complexity index is 922. The fourth-order valence-corrected chi connectivity index (χ4v) is 2.00. The molecule has 2 aromatic carbocycles. The van der Waals surface area contributed by atoms with Crippen molar-refractivity contribution in [1.82, 2.24) is 4.98 Å². The number of aromatic nitrogens is 1. The Kier molecular flexibility index (Phi) is 4.47. The van der Waals surface area contributed by atoms with Crippen molar-refractivity contribution in [3.05, 3.63) is 89.2 Å². The molecule has 0 bridgehead atoms. The van der Waals surface area contributed by atoms with Gasteiger partial charge in [0.05, 0.1) is 11.1 Å². The van der Waals surface area contributed by atoms with Crippen LogP contribution in [0, 0.1) is 23.7 Å². The molecular weight excluding hydrogens is 298 g/mol. The SMILES string of the molecule is Oc1ccccc1C#Cc1cccc(C#Cc2ccccc2O)n1. The smallest absolute Gasteiger partial charge is 0.131 e. The first-order valence-corrected chi connectivity index (χ1v) is 7.29. The highest BCUT2D eigenvalue weighted by Crippen LogP contribution is 2.14. The van der Waals surface area contributed by atoms with Crippen LogP contribution in [0.1, 0.15) is 22.5 Å². The first-order valence-electron chi connectivity index (χ1n) is 7.29. The van der Waals surface area contributed by atoms with Crippen molar-refractivity contribution in [2.45, 2.75) is 0 Å². The van der Waals surface area contributed by atoms with Gasteiger partial charge in [0.15, 0.2) is 0 Å². The highest BCUT2D eigenvalue weighted by Gasteiger charge is 1.96. The minimum atomic E-state index is 0.139. The van der Waals surface area contributed by atoms with Crippen LogP contribution in [0.3, 0.4) is 0 Å². The zero-order chi connectivity index (χ0) is 16.8. The molecular formula is C21H13NO2. The summed E-state index contributed by atoms with van der Waals surface area (Å²) in [5.41, 5.74) is 2.21. The molecule has 3 rings (SSSR count). The van der Waals surface area contributed by atoms with E-state index in [1.165, 1.54) is 0 Å². The average molecular weight is 311 g/mol. The van der Waals surface area contributed by atoms with Crippen molar-refractivity contribution in [3.8, 4) is 35.2 Å². The zero-order valence-electron chi connectivity index (χ0n) is 12.7. The van der Waals surface area contributed by atoms with Crippen LogP contribution in [-0.2, 0) is 0 Å². The second kappa shape index (κ2) is 7.05. The minimum absolute atomic E-state index is 0.139. The number of para-hydroxylation sites is 2. The molecule has 0 saturated carbocycles. The van der Waals surface area contributed by atoms with Gasteiger partial charge in [-0.15, -0.1) is 0 Å². The van der Waals surface area contributed by atoms with E-state index in [1.807, 2.05) is 18.2 Å². The molecule has 0 fully saturated rings. The van der Waals surface area contributed by atoms with Gasteiger partial charge in [0, 0.05) is 0 Å². The summed E-state index contributed by atoms with van der Waals surface area (Å²) in [5, 5.41) is 19.4. The lowest BCUT2D eigenvalue weighted by molar-refractivity contribution is 0.473. The highest BCUT2D eigenvalue weighted by atomic mass is 16.3. The van der Waals surface area contributed by atoms with Crippen molar-refractivity contribution in [2.75, 3.05) is 0 Å². The summed E-state index contributed by atoms with van der Waals surface area (Å²) in [5.74, 6) is 11.9. The van der Waals surface area contributed by atoms with E-state index in [1.54, 1.807) is 48.5 Å². The largest absolute Gasteiger partial charge is 0.507 e. The topological polar surface area (TPSA) is 53.4 Å². The molecule has 0 amide bonds. The van der Waals surface area contributed by atoms with Gasteiger partial charge < -0.3 is 10.2 Å². The quantitative estimate of drug-likeness (QED) is 0.626. The summed E-state index contributed by atoms with van der Waals surface area (Å²) in [6.45, 7) is 0. The highest BCUT2D eigenvalue weighted by molar-refractivity contribution is 5.50. The fraction of sp³-hybridized carbons (Fsp3) is 0. The molecule has 0 aliphatic heterocycles. The number of pyridine rings is 1. The molecule has 0 spiro atoms. The number of rotatable bonds is 0. The van der Waals surface area contributed by atoms with Gasteiger partial charge in [0.2, 0.25) is 0 Å². The average Bonchev–Trinajstić information content (AvgIpc) is 2.61. The summed E-state index contributed by atoms with van der Waals surface area (Å²) in [7, 11) is 0. The van der Waals surface area contributed by atoms with Gasteiger partial charge in [-0.3, -0.25) is 0 Å². The van der Waals surface area contributed by atoms with Gasteiger partial charge in [0.1, 0.15) is 22.9 Å². The predicted molar refractivity (Wildman–Crippen MR) is 92.4 cm³/mol. The number of hydrogen-bond donors (Lipinski definition) is 2. The number of nitrogens with zero attached hydrogens (tertiary/aromatic N) is 1. The van der Waals surface area contributed by atoms with Crippen molar-refractivity contribution in [3.63, 3.8) is 0 Å². The molecule has 0 saturated heterocycles. The standard InChI is InChI=1S/C21H13NO2/c23-20-10-3-1-6-16(20)12-14-18-8-5-9-19(22-18)15-13-17-7-2-4-11-21(17)24/h1-11,23-24H. The van der Waals surface area contributed by atoms with E-state index in [9.17, 15) is 10.2 Å². The molecule has 3 aromatic rings. The maximum Gasteiger partial charge on any atom is 0.131 e. The van der Waals surface area contributed by atoms with Crippen LogP contribution in [0.25, 0.3) is 0 Å². The second-order valence-corrected chi connectivity index (χ2v) is 4.94. The molecule has 1 heterocycles. The van der Waals surface area contributed by atoms with Crippen LogP contribution in [-0.4, -0.2) is 15.2 Å². The molecule has 0 unspecified atom stereocenters. The Labute approximate surface area is 140 Å². The first-order chi connectivity index (χ1) is 11.7. The van der Waals surface area contributed by atoms with Gasteiger partial charge in [-0.2, -0.15) is 0 Å². The Morgan fingerprint density at radius 2 is 1.00 bits per heavy atom. The lowest BCUT2D eigenvalue weighted by Gasteiger charge is -1.95. The van der Waals surface area contributed by atoms with Gasteiger partial charge >= 0.3 is 0 Å². The van der Waals surface area contributed by atoms with E-state index in [4.69, 9.17) is 0 Å². The van der Waals surface area contributed by atoms with Crippen LogP contribution in [0.2, 0.25) is 0 Å². The molecule has 24 heavy (non-hydrogen) atoms. The van der Waals surface area contributed by atoms with Gasteiger partial charge in [0.25, 0.3) is 0 Å². The molecule has 3 nitrogen and oxygen atoms in total. The van der Waals surface area contributed by atoms with E-state index in [2.05, 4.69) is 28.7 Å². The third-order valence-corrected chi connectivity index (χ3v) is 3.21. The molecule has 0 aliphatic rings. The lowest BCUT2D eigenvalue weighted by Crippen LogP contribution is -1.87. The van der Waals surface area contributed by atoms with Crippen LogP contribution >= 0.6 is 0 Å². The maximum absolute atomic E-state index is 9.71. The Hall–Kier alpha value is -3.69. The van der Waals surface area contributed by atoms with Crippen LogP contribution in [0.4, 0.5) is 0 Å². The molecule has 0 aliphatic carbocycles. The molecule has 2 N–H and O–H groups in total. The van der Waals surface area contributed by atoms with Gasteiger partial charge in [-0.1, -0.05) is 42.2 Å². The van der Waals surface area contributed by atoms with E-state index in [0.717, 1.165) is 0 Å². The maximum atomic E-state index is 9.71. The van der Waals surface area contributed by atoms with Gasteiger partial charge in [-0.25, -0.2) is 4.98 Å². The summed E-state index contributed by atoms with van der Waals surface area (Å²) in [4.78, 5) is 4.35. The lowest BCUT2D eigenvalue weighted by atomic mass is 10.2. The predicted octanol–water partition coefficient (Wildman–Crippen LogP) is 3.29. The normalized spacial score (nSPS) is 9.33. The summed E-state index contributed by atoms with van der Waals surface area (Å²) >= 11 is 0. The number of benzene rings is 2. The van der Waals surface area contributed by atoms with Crippen LogP contribution < -0.4 is 0 Å². The Morgan fingerprint density at radius 1 is 0.542 bits per heavy atom. The van der Waals surface area contributed by atoms with Crippen LogP contribution in [0.5, 0.6) is 11.5 Å². The second-order valence-electron chi connectivity index (χ2n) is 4.94. The van der Waals surface area contributed by atoms with Crippen molar-refractivity contribution in [1.29, 1.82) is 0 Å². The summed E-state index contributed by atoms with van der Waals surface area (Å²) in [6.07, 6.45) is 0. The van der Waals surface area contributed by atoms with Gasteiger partial charge in [-0.05, 0) is 48.2 Å². The third kappa shape index (κ3) is 3.74.